The van der Waals surface area contributed by atoms with E-state index in [1.165, 1.54) is 18.2 Å². The van der Waals surface area contributed by atoms with E-state index in [1.807, 2.05) is 12.1 Å². The molecule has 1 N–H and O–H groups in total. The summed E-state index contributed by atoms with van der Waals surface area (Å²) < 4.78 is 19.6. The summed E-state index contributed by atoms with van der Waals surface area (Å²) in [6.45, 7) is 1.81. The number of aromatic hydroxyl groups is 1. The van der Waals surface area contributed by atoms with E-state index in [1.54, 1.807) is 24.1 Å². The highest BCUT2D eigenvalue weighted by Crippen LogP contribution is 2.32. The molecule has 2 atom stereocenters. The zero-order valence-electron chi connectivity index (χ0n) is 13.9. The Morgan fingerprint density at radius 2 is 2.04 bits per heavy atom. The summed E-state index contributed by atoms with van der Waals surface area (Å²) >= 11 is 0. The van der Waals surface area contributed by atoms with Gasteiger partial charge >= 0.3 is 0 Å². The smallest absolute Gasteiger partial charge is 0.257 e. The van der Waals surface area contributed by atoms with Crippen LogP contribution in [0.5, 0.6) is 11.5 Å². The molecule has 5 nitrogen and oxygen atoms in total. The van der Waals surface area contributed by atoms with Crippen LogP contribution in [-0.2, 0) is 6.54 Å². The van der Waals surface area contributed by atoms with Crippen molar-refractivity contribution in [2.75, 3.05) is 20.1 Å². The molecule has 0 spiro atoms. The molecule has 0 radical (unpaired) electrons. The number of para-hydroxylation sites is 1. The van der Waals surface area contributed by atoms with Gasteiger partial charge in [-0.1, -0.05) is 18.2 Å². The van der Waals surface area contributed by atoms with Gasteiger partial charge < -0.3 is 14.7 Å². The molecule has 2 heterocycles. The van der Waals surface area contributed by atoms with E-state index in [4.69, 9.17) is 4.74 Å². The fourth-order valence-electron chi connectivity index (χ4n) is 3.61. The fourth-order valence-corrected chi connectivity index (χ4v) is 3.61. The molecule has 130 valence electrons. The number of ether oxygens (including phenoxy) is 1. The molecule has 0 bridgehead atoms. The quantitative estimate of drug-likeness (QED) is 0.910. The van der Waals surface area contributed by atoms with Crippen molar-refractivity contribution in [3.05, 3.63) is 59.4 Å². The van der Waals surface area contributed by atoms with Crippen LogP contribution in [0.1, 0.15) is 15.9 Å². The number of carbonyl (C=O) groups is 1. The second kappa shape index (κ2) is 6.04. The van der Waals surface area contributed by atoms with Crippen LogP contribution < -0.4 is 4.74 Å². The van der Waals surface area contributed by atoms with Gasteiger partial charge in [-0.25, -0.2) is 4.39 Å². The Bertz CT molecular complexity index is 826. The summed E-state index contributed by atoms with van der Waals surface area (Å²) in [5.41, 5.74) is 1.23. The van der Waals surface area contributed by atoms with E-state index in [0.29, 0.717) is 30.9 Å². The van der Waals surface area contributed by atoms with E-state index >= 15 is 0 Å². The van der Waals surface area contributed by atoms with Crippen LogP contribution in [0.3, 0.4) is 0 Å². The van der Waals surface area contributed by atoms with Crippen molar-refractivity contribution in [2.24, 2.45) is 0 Å². The number of hydrogen-bond acceptors (Lipinski definition) is 4. The van der Waals surface area contributed by atoms with Crippen molar-refractivity contribution in [2.45, 2.75) is 18.7 Å². The zero-order valence-corrected chi connectivity index (χ0v) is 13.9. The Hall–Kier alpha value is -2.60. The summed E-state index contributed by atoms with van der Waals surface area (Å²) in [4.78, 5) is 16.5. The van der Waals surface area contributed by atoms with Gasteiger partial charge in [0.25, 0.3) is 5.91 Å². The van der Waals surface area contributed by atoms with Crippen LogP contribution in [0.4, 0.5) is 4.39 Å². The molecule has 2 unspecified atom stereocenters. The highest BCUT2D eigenvalue weighted by Gasteiger charge is 2.42. The van der Waals surface area contributed by atoms with Gasteiger partial charge in [-0.3, -0.25) is 9.69 Å². The summed E-state index contributed by atoms with van der Waals surface area (Å²) in [7, 11) is 1.76. The summed E-state index contributed by atoms with van der Waals surface area (Å²) in [6.07, 6.45) is -0.233. The number of rotatable bonds is 2. The molecule has 4 rings (SSSR count). The first-order chi connectivity index (χ1) is 12.0. The predicted octanol–water partition coefficient (Wildman–Crippen LogP) is 2.25. The topological polar surface area (TPSA) is 53.0 Å². The molecule has 0 aliphatic carbocycles. The Balaban J connectivity index is 1.58. The first kappa shape index (κ1) is 15.9. The van der Waals surface area contributed by atoms with Crippen molar-refractivity contribution in [3.63, 3.8) is 0 Å². The van der Waals surface area contributed by atoms with Crippen molar-refractivity contribution in [1.82, 2.24) is 9.80 Å². The van der Waals surface area contributed by atoms with Crippen molar-refractivity contribution >= 4 is 5.91 Å². The van der Waals surface area contributed by atoms with Crippen LogP contribution in [0, 0.1) is 5.82 Å². The van der Waals surface area contributed by atoms with Crippen LogP contribution in [0.15, 0.2) is 42.5 Å². The molecular weight excluding hydrogens is 323 g/mol. The zero-order chi connectivity index (χ0) is 17.6. The Morgan fingerprint density at radius 3 is 2.84 bits per heavy atom. The number of halogens is 1. The third kappa shape index (κ3) is 2.82. The number of phenols is 1. The average molecular weight is 342 g/mol. The molecule has 1 amide bonds. The second-order valence-corrected chi connectivity index (χ2v) is 6.60. The lowest BCUT2D eigenvalue weighted by atomic mass is 10.1. The minimum absolute atomic E-state index is 0.117. The molecule has 25 heavy (non-hydrogen) atoms. The molecule has 2 aromatic rings. The minimum Gasteiger partial charge on any atom is -0.508 e. The minimum atomic E-state index is -0.420. The normalized spacial score (nSPS) is 23.0. The van der Waals surface area contributed by atoms with Gasteiger partial charge in [0, 0.05) is 38.3 Å². The number of carbonyl (C=O) groups excluding carboxylic acids is 1. The van der Waals surface area contributed by atoms with E-state index in [0.717, 1.165) is 5.56 Å². The monoisotopic (exact) mass is 342 g/mol. The lowest BCUT2D eigenvalue weighted by Gasteiger charge is -2.25. The lowest BCUT2D eigenvalue weighted by Crippen LogP contribution is -2.44. The van der Waals surface area contributed by atoms with Gasteiger partial charge in [0.1, 0.15) is 23.4 Å². The third-order valence-electron chi connectivity index (χ3n) is 4.97. The number of hydrogen-bond donors (Lipinski definition) is 1. The largest absolute Gasteiger partial charge is 0.508 e. The molecule has 1 saturated heterocycles. The Kier molecular flexibility index (Phi) is 3.84. The van der Waals surface area contributed by atoms with Crippen LogP contribution in [0.25, 0.3) is 0 Å². The predicted molar refractivity (Wildman–Crippen MR) is 90.1 cm³/mol. The van der Waals surface area contributed by atoms with Gasteiger partial charge in [-0.15, -0.1) is 0 Å². The third-order valence-corrected chi connectivity index (χ3v) is 4.97. The van der Waals surface area contributed by atoms with Crippen molar-refractivity contribution < 1.29 is 19.0 Å². The van der Waals surface area contributed by atoms with Crippen LogP contribution in [0.2, 0.25) is 0 Å². The Labute approximate surface area is 145 Å². The van der Waals surface area contributed by atoms with E-state index in [2.05, 4.69) is 4.90 Å². The number of benzene rings is 2. The molecule has 0 aromatic heterocycles. The molecule has 2 aliphatic heterocycles. The number of amides is 1. The highest BCUT2D eigenvalue weighted by atomic mass is 19.1. The average Bonchev–Trinajstić information content (AvgIpc) is 2.94. The maximum Gasteiger partial charge on any atom is 0.257 e. The number of likely N-dealkylation sites (N-methyl/N-ethyl adjacent to an activating group) is 1. The maximum atomic E-state index is 13.6. The van der Waals surface area contributed by atoms with Crippen LogP contribution >= 0.6 is 0 Å². The maximum absolute atomic E-state index is 13.6. The van der Waals surface area contributed by atoms with Gasteiger partial charge in [-0.05, 0) is 18.2 Å². The van der Waals surface area contributed by atoms with Crippen molar-refractivity contribution in [1.29, 1.82) is 0 Å². The van der Waals surface area contributed by atoms with E-state index in [9.17, 15) is 14.3 Å². The van der Waals surface area contributed by atoms with Crippen LogP contribution in [-0.4, -0.2) is 53.1 Å². The number of fused-ring (bicyclic) bond motifs is 2. The molecule has 2 aliphatic rings. The molecular formula is C19H19FN2O3. The van der Waals surface area contributed by atoms with Gasteiger partial charge in [-0.2, -0.15) is 0 Å². The van der Waals surface area contributed by atoms with Gasteiger partial charge in [0.15, 0.2) is 0 Å². The Morgan fingerprint density at radius 1 is 1.24 bits per heavy atom. The first-order valence-electron chi connectivity index (χ1n) is 8.25. The molecule has 1 fully saturated rings. The summed E-state index contributed by atoms with van der Waals surface area (Å²) in [5.74, 6) is -0.0234. The van der Waals surface area contributed by atoms with Crippen molar-refractivity contribution in [3.8, 4) is 11.5 Å². The standard InChI is InChI=1S/C19H19FN2O3/c1-21-15-10-22(9-12-4-2-3-5-16(12)23)11-18(15)25-17-8-13(20)6-7-14(17)19(21)24/h2-8,15,18,23H,9-11H2,1H3. The highest BCUT2D eigenvalue weighted by molar-refractivity contribution is 5.97. The van der Waals surface area contributed by atoms with Gasteiger partial charge in [0.05, 0.1) is 11.6 Å². The molecule has 2 aromatic carbocycles. The second-order valence-electron chi connectivity index (χ2n) is 6.60. The van der Waals surface area contributed by atoms with E-state index in [-0.39, 0.29) is 23.8 Å². The van der Waals surface area contributed by atoms with E-state index < -0.39 is 5.82 Å². The summed E-state index contributed by atoms with van der Waals surface area (Å²) in [5, 5.41) is 9.97. The molecule has 6 heteroatoms. The lowest BCUT2D eigenvalue weighted by molar-refractivity contribution is 0.0682. The fraction of sp³-hybridized carbons (Fsp3) is 0.316. The SMILES string of the molecule is CN1C(=O)c2ccc(F)cc2OC2CN(Cc3ccccc3O)CC21. The number of nitrogens with zero attached hydrogens (tertiary/aromatic N) is 2. The van der Waals surface area contributed by atoms with Gasteiger partial charge in [0.2, 0.25) is 0 Å². The number of phenolic OH excluding ortho intramolecular Hbond substituents is 1. The molecule has 0 saturated carbocycles. The number of likely N-dealkylation sites (tertiary alicyclic amines) is 1. The summed E-state index contributed by atoms with van der Waals surface area (Å²) in [6, 6.07) is 11.1. The first-order valence-corrected chi connectivity index (χ1v) is 8.25.